The van der Waals surface area contributed by atoms with Gasteiger partial charge in [-0.1, -0.05) is 31.5 Å². The molecule has 20 heavy (non-hydrogen) atoms. The van der Waals surface area contributed by atoms with E-state index in [0.717, 1.165) is 6.54 Å². The predicted molar refractivity (Wildman–Crippen MR) is 83.0 cm³/mol. The minimum Gasteiger partial charge on any atom is -0.481 e. The van der Waals surface area contributed by atoms with Crippen molar-refractivity contribution in [3.63, 3.8) is 0 Å². The lowest BCUT2D eigenvalue weighted by Crippen LogP contribution is -2.40. The number of carboxylic acids is 1. The van der Waals surface area contributed by atoms with E-state index in [-0.39, 0.29) is 0 Å². The summed E-state index contributed by atoms with van der Waals surface area (Å²) >= 11 is 0. The molecule has 0 heterocycles. The van der Waals surface area contributed by atoms with E-state index in [2.05, 4.69) is 38.2 Å². The van der Waals surface area contributed by atoms with Crippen LogP contribution in [0.1, 0.15) is 48.9 Å². The van der Waals surface area contributed by atoms with Crippen LogP contribution in [-0.2, 0) is 11.3 Å². The molecule has 0 radical (unpaired) electrons. The Balaban J connectivity index is 2.76. The zero-order chi connectivity index (χ0) is 15.3. The molecule has 1 rings (SSSR count). The molecule has 0 fully saturated rings. The molecule has 0 unspecified atom stereocenters. The molecular weight excluding hydrogens is 250 g/mol. The van der Waals surface area contributed by atoms with Gasteiger partial charge in [0.25, 0.3) is 0 Å². The van der Waals surface area contributed by atoms with Crippen molar-refractivity contribution in [2.75, 3.05) is 6.54 Å². The van der Waals surface area contributed by atoms with Crippen LogP contribution in [0.25, 0.3) is 0 Å². The fourth-order valence-electron chi connectivity index (χ4n) is 2.79. The Labute approximate surface area is 122 Å². The monoisotopic (exact) mass is 277 g/mol. The van der Waals surface area contributed by atoms with E-state index in [1.807, 2.05) is 13.8 Å². The zero-order valence-corrected chi connectivity index (χ0v) is 13.3. The Morgan fingerprint density at radius 2 is 1.65 bits per heavy atom. The lowest BCUT2D eigenvalue weighted by Gasteiger charge is -2.27. The van der Waals surface area contributed by atoms with Gasteiger partial charge in [0.1, 0.15) is 0 Å². The lowest BCUT2D eigenvalue weighted by molar-refractivity contribution is -0.149. The summed E-state index contributed by atoms with van der Waals surface area (Å²) in [6.07, 6.45) is 1.30. The third-order valence-corrected chi connectivity index (χ3v) is 4.41. The highest BCUT2D eigenvalue weighted by Crippen LogP contribution is 2.26. The van der Waals surface area contributed by atoms with Gasteiger partial charge in [-0.3, -0.25) is 4.79 Å². The molecular formula is C17H27NO2. The lowest BCUT2D eigenvalue weighted by atomic mass is 9.82. The SMILES string of the molecule is CCC(CC)(CNCc1c(C)cc(C)cc1C)C(=O)O. The molecule has 0 aliphatic heterocycles. The average molecular weight is 277 g/mol. The third kappa shape index (κ3) is 3.60. The van der Waals surface area contributed by atoms with E-state index >= 15 is 0 Å². The predicted octanol–water partition coefficient (Wildman–Crippen LogP) is 3.59. The molecule has 2 N–H and O–H groups in total. The van der Waals surface area contributed by atoms with Gasteiger partial charge in [-0.15, -0.1) is 0 Å². The molecule has 3 nitrogen and oxygen atoms in total. The van der Waals surface area contributed by atoms with Crippen molar-refractivity contribution in [1.82, 2.24) is 5.32 Å². The summed E-state index contributed by atoms with van der Waals surface area (Å²) in [5.41, 5.74) is 4.44. The number of rotatable bonds is 7. The Hall–Kier alpha value is -1.35. The minimum atomic E-state index is -0.702. The Bertz CT molecular complexity index is 453. The summed E-state index contributed by atoms with van der Waals surface area (Å²) in [6, 6.07) is 4.35. The van der Waals surface area contributed by atoms with Gasteiger partial charge in [-0.05, 0) is 50.3 Å². The van der Waals surface area contributed by atoms with Crippen molar-refractivity contribution in [2.24, 2.45) is 5.41 Å². The summed E-state index contributed by atoms with van der Waals surface area (Å²) < 4.78 is 0. The largest absolute Gasteiger partial charge is 0.481 e. The van der Waals surface area contributed by atoms with Crippen LogP contribution in [0.4, 0.5) is 0 Å². The maximum atomic E-state index is 11.5. The van der Waals surface area contributed by atoms with E-state index in [1.54, 1.807) is 0 Å². The van der Waals surface area contributed by atoms with Gasteiger partial charge < -0.3 is 10.4 Å². The standard InChI is InChI=1S/C17H27NO2/c1-6-17(7-2,16(19)20)11-18-10-15-13(4)8-12(3)9-14(15)5/h8-9,18H,6-7,10-11H2,1-5H3,(H,19,20). The fraction of sp³-hybridized carbons (Fsp3) is 0.588. The zero-order valence-electron chi connectivity index (χ0n) is 13.3. The van der Waals surface area contributed by atoms with Gasteiger partial charge >= 0.3 is 5.97 Å². The van der Waals surface area contributed by atoms with Gasteiger partial charge in [-0.2, -0.15) is 0 Å². The maximum Gasteiger partial charge on any atom is 0.310 e. The van der Waals surface area contributed by atoms with Crippen molar-refractivity contribution in [1.29, 1.82) is 0 Å². The number of carbonyl (C=O) groups is 1. The smallest absolute Gasteiger partial charge is 0.310 e. The first kappa shape index (κ1) is 16.7. The molecule has 0 saturated heterocycles. The third-order valence-electron chi connectivity index (χ3n) is 4.41. The maximum absolute atomic E-state index is 11.5. The average Bonchev–Trinajstić information content (AvgIpc) is 2.37. The van der Waals surface area contributed by atoms with Gasteiger partial charge in [0.15, 0.2) is 0 Å². The molecule has 112 valence electrons. The van der Waals surface area contributed by atoms with E-state index < -0.39 is 11.4 Å². The second kappa shape index (κ2) is 6.89. The summed E-state index contributed by atoms with van der Waals surface area (Å²) in [6.45, 7) is 11.5. The van der Waals surface area contributed by atoms with Crippen molar-refractivity contribution in [3.05, 3.63) is 34.4 Å². The molecule has 3 heteroatoms. The van der Waals surface area contributed by atoms with Gasteiger partial charge in [0.05, 0.1) is 5.41 Å². The van der Waals surface area contributed by atoms with Crippen LogP contribution in [0.5, 0.6) is 0 Å². The topological polar surface area (TPSA) is 49.3 Å². The van der Waals surface area contributed by atoms with Crippen LogP contribution >= 0.6 is 0 Å². The first-order valence-electron chi connectivity index (χ1n) is 7.37. The van der Waals surface area contributed by atoms with Gasteiger partial charge in [-0.25, -0.2) is 0 Å². The number of aliphatic carboxylic acids is 1. The van der Waals surface area contributed by atoms with Crippen molar-refractivity contribution < 1.29 is 9.90 Å². The van der Waals surface area contributed by atoms with Crippen LogP contribution in [0, 0.1) is 26.2 Å². The highest BCUT2D eigenvalue weighted by atomic mass is 16.4. The number of benzene rings is 1. The highest BCUT2D eigenvalue weighted by molar-refractivity contribution is 5.74. The van der Waals surface area contributed by atoms with Crippen molar-refractivity contribution in [2.45, 2.75) is 54.0 Å². The van der Waals surface area contributed by atoms with E-state index in [9.17, 15) is 9.90 Å². The van der Waals surface area contributed by atoms with Gasteiger partial charge in [0.2, 0.25) is 0 Å². The molecule has 1 aromatic carbocycles. The van der Waals surface area contributed by atoms with Crippen molar-refractivity contribution in [3.8, 4) is 0 Å². The number of carboxylic acid groups (broad SMARTS) is 1. The van der Waals surface area contributed by atoms with Crippen LogP contribution in [0.3, 0.4) is 0 Å². The molecule has 0 saturated carbocycles. The molecule has 0 aromatic heterocycles. The highest BCUT2D eigenvalue weighted by Gasteiger charge is 2.34. The van der Waals surface area contributed by atoms with Crippen LogP contribution in [-0.4, -0.2) is 17.6 Å². The van der Waals surface area contributed by atoms with Crippen LogP contribution in [0.15, 0.2) is 12.1 Å². The fourth-order valence-corrected chi connectivity index (χ4v) is 2.79. The normalized spacial score (nSPS) is 11.7. The Morgan fingerprint density at radius 1 is 1.15 bits per heavy atom. The van der Waals surface area contributed by atoms with E-state index in [0.29, 0.717) is 19.4 Å². The molecule has 0 atom stereocenters. The van der Waals surface area contributed by atoms with Crippen molar-refractivity contribution >= 4 is 5.97 Å². The number of aryl methyl sites for hydroxylation is 3. The molecule has 0 spiro atoms. The molecule has 0 bridgehead atoms. The first-order valence-corrected chi connectivity index (χ1v) is 7.37. The van der Waals surface area contributed by atoms with E-state index in [1.165, 1.54) is 22.3 Å². The molecule has 1 aromatic rings. The van der Waals surface area contributed by atoms with Gasteiger partial charge in [0, 0.05) is 13.1 Å². The van der Waals surface area contributed by atoms with Crippen LogP contribution in [0.2, 0.25) is 0 Å². The second-order valence-corrected chi connectivity index (χ2v) is 5.77. The summed E-state index contributed by atoms with van der Waals surface area (Å²) in [7, 11) is 0. The molecule has 0 aliphatic carbocycles. The second-order valence-electron chi connectivity index (χ2n) is 5.77. The van der Waals surface area contributed by atoms with E-state index in [4.69, 9.17) is 0 Å². The quantitative estimate of drug-likeness (QED) is 0.800. The molecule has 0 aliphatic rings. The summed E-state index contributed by atoms with van der Waals surface area (Å²) in [4.78, 5) is 11.5. The number of hydrogen-bond acceptors (Lipinski definition) is 2. The first-order chi connectivity index (χ1) is 9.36. The number of nitrogens with one attached hydrogen (secondary N) is 1. The Morgan fingerprint density at radius 3 is 2.05 bits per heavy atom. The summed E-state index contributed by atoms with van der Waals surface area (Å²) in [5.74, 6) is -0.702. The minimum absolute atomic E-state index is 0.516. The number of hydrogen-bond donors (Lipinski definition) is 2. The van der Waals surface area contributed by atoms with Crippen LogP contribution < -0.4 is 5.32 Å². The Kier molecular flexibility index (Phi) is 5.75. The molecule has 0 amide bonds. The summed E-state index contributed by atoms with van der Waals surface area (Å²) in [5, 5.41) is 12.8.